The maximum atomic E-state index is 12.3. The normalized spacial score (nSPS) is 11.5. The minimum atomic E-state index is -4.20. The Balaban J connectivity index is 1.85. The first-order valence-corrected chi connectivity index (χ1v) is 8.30. The lowest BCUT2D eigenvalue weighted by atomic mass is 10.2. The third-order valence-corrected chi connectivity index (χ3v) is 4.28. The third kappa shape index (κ3) is 3.94. The van der Waals surface area contributed by atoms with Crippen molar-refractivity contribution in [2.45, 2.75) is 25.6 Å². The minimum absolute atomic E-state index is 0.0860. The minimum Gasteiger partial charge on any atom is -0.436 e. The molecule has 0 radical (unpaired) electrons. The van der Waals surface area contributed by atoms with Crippen LogP contribution in [0.5, 0.6) is 11.6 Å². The van der Waals surface area contributed by atoms with Crippen LogP contribution in [0, 0.1) is 11.3 Å². The smallest absolute Gasteiger partial charge is 0.389 e. The Hall–Kier alpha value is -2.67. The van der Waals surface area contributed by atoms with Gasteiger partial charge in [0.25, 0.3) is 0 Å². The summed E-state index contributed by atoms with van der Waals surface area (Å²) >= 11 is 3.37. The first-order valence-electron chi connectivity index (χ1n) is 7.50. The molecule has 1 aromatic carbocycles. The van der Waals surface area contributed by atoms with E-state index >= 15 is 0 Å². The van der Waals surface area contributed by atoms with Gasteiger partial charge in [-0.2, -0.15) is 18.4 Å². The lowest BCUT2D eigenvalue weighted by molar-refractivity contribution is -0.136. The fourth-order valence-corrected chi connectivity index (χ4v) is 2.82. The van der Waals surface area contributed by atoms with Crippen molar-refractivity contribution in [3.05, 3.63) is 40.5 Å². The van der Waals surface area contributed by atoms with Gasteiger partial charge in [-0.05, 0) is 46.6 Å². The van der Waals surface area contributed by atoms with Crippen molar-refractivity contribution in [1.29, 1.82) is 5.26 Å². The molecule has 0 fully saturated rings. The third-order valence-electron chi connectivity index (χ3n) is 3.52. The molecule has 134 valence electrons. The Labute approximate surface area is 154 Å². The van der Waals surface area contributed by atoms with Crippen molar-refractivity contribution >= 4 is 27.0 Å². The summed E-state index contributed by atoms with van der Waals surface area (Å²) in [6.45, 7) is 0.0987. The van der Waals surface area contributed by atoms with Gasteiger partial charge in [0.05, 0.1) is 9.99 Å². The molecule has 0 amide bonds. The summed E-state index contributed by atoms with van der Waals surface area (Å²) < 4.78 is 44.4. The van der Waals surface area contributed by atoms with Crippen LogP contribution in [0.4, 0.5) is 13.2 Å². The number of hydrogen-bond donors (Lipinski definition) is 0. The maximum Gasteiger partial charge on any atom is 0.389 e. The zero-order valence-electron chi connectivity index (χ0n) is 13.2. The Morgan fingerprint density at radius 3 is 2.81 bits per heavy atom. The summed E-state index contributed by atoms with van der Waals surface area (Å²) in [4.78, 5) is 4.02. The number of ether oxygens (including phenoxy) is 1. The van der Waals surface area contributed by atoms with Crippen molar-refractivity contribution in [3.8, 4) is 17.7 Å². The monoisotopic (exact) mass is 425 g/mol. The van der Waals surface area contributed by atoms with E-state index < -0.39 is 12.6 Å². The number of rotatable bonds is 5. The molecule has 0 unspecified atom stereocenters. The van der Waals surface area contributed by atoms with Crippen LogP contribution in [0.15, 0.2) is 34.9 Å². The highest BCUT2D eigenvalue weighted by Crippen LogP contribution is 2.35. The lowest BCUT2D eigenvalue weighted by Crippen LogP contribution is -2.09. The van der Waals surface area contributed by atoms with E-state index in [1.807, 2.05) is 6.07 Å². The number of fused-ring (bicyclic) bond motifs is 1. The standard InChI is InChI=1S/C16H11BrF3N5O/c17-13-12(26-15-10(9-21)3-1-7-22-15)5-4-11-14(13)23-24-25(11)8-2-6-16(18,19)20/h1,3-5,7H,2,6,8H2. The number of benzene rings is 1. The molecule has 0 aliphatic heterocycles. The average Bonchev–Trinajstić information content (AvgIpc) is 3.00. The van der Waals surface area contributed by atoms with E-state index in [2.05, 4.69) is 31.2 Å². The highest BCUT2D eigenvalue weighted by atomic mass is 79.9. The Morgan fingerprint density at radius 2 is 2.08 bits per heavy atom. The van der Waals surface area contributed by atoms with Crippen molar-refractivity contribution in [2.24, 2.45) is 0 Å². The highest BCUT2D eigenvalue weighted by Gasteiger charge is 2.26. The summed E-state index contributed by atoms with van der Waals surface area (Å²) in [6, 6.07) is 8.45. The van der Waals surface area contributed by atoms with Crippen molar-refractivity contribution in [3.63, 3.8) is 0 Å². The van der Waals surface area contributed by atoms with E-state index in [-0.39, 0.29) is 24.4 Å². The van der Waals surface area contributed by atoms with E-state index in [4.69, 9.17) is 10.00 Å². The summed E-state index contributed by atoms with van der Waals surface area (Å²) in [7, 11) is 0. The molecular weight excluding hydrogens is 415 g/mol. The van der Waals surface area contributed by atoms with Crippen molar-refractivity contribution in [2.75, 3.05) is 0 Å². The quantitative estimate of drug-likeness (QED) is 0.596. The number of aromatic nitrogens is 4. The zero-order chi connectivity index (χ0) is 18.7. The van der Waals surface area contributed by atoms with E-state index in [1.54, 1.807) is 24.3 Å². The predicted molar refractivity (Wildman–Crippen MR) is 89.5 cm³/mol. The lowest BCUT2D eigenvalue weighted by Gasteiger charge is -2.09. The molecule has 0 aliphatic rings. The Morgan fingerprint density at radius 1 is 1.27 bits per heavy atom. The van der Waals surface area contributed by atoms with Gasteiger partial charge in [-0.25, -0.2) is 9.67 Å². The SMILES string of the molecule is N#Cc1cccnc1Oc1ccc2c(nnn2CCCC(F)(F)F)c1Br. The molecule has 6 nitrogen and oxygen atoms in total. The van der Waals surface area contributed by atoms with Crippen LogP contribution in [0.3, 0.4) is 0 Å². The molecule has 0 atom stereocenters. The van der Waals surface area contributed by atoms with Gasteiger partial charge in [0.2, 0.25) is 5.88 Å². The molecule has 2 heterocycles. The molecule has 26 heavy (non-hydrogen) atoms. The van der Waals surface area contributed by atoms with Crippen LogP contribution in [0.2, 0.25) is 0 Å². The molecule has 0 aliphatic carbocycles. The number of alkyl halides is 3. The Kier molecular flexibility index (Phi) is 5.08. The number of pyridine rings is 1. The summed E-state index contributed by atoms with van der Waals surface area (Å²) in [5.74, 6) is 0.516. The molecule has 0 N–H and O–H groups in total. The predicted octanol–water partition coefficient (Wildman–Crippen LogP) is 4.60. The number of nitrogens with zero attached hydrogens (tertiary/aromatic N) is 5. The molecule has 3 aromatic rings. The van der Waals surface area contributed by atoms with Crippen LogP contribution in [0.25, 0.3) is 11.0 Å². The number of hydrogen-bond acceptors (Lipinski definition) is 5. The van der Waals surface area contributed by atoms with Gasteiger partial charge in [-0.15, -0.1) is 5.10 Å². The molecule has 10 heteroatoms. The van der Waals surface area contributed by atoms with Gasteiger partial charge in [-0.3, -0.25) is 0 Å². The Bertz CT molecular complexity index is 980. The van der Waals surface area contributed by atoms with Crippen LogP contribution in [-0.2, 0) is 6.54 Å². The molecule has 0 saturated carbocycles. The molecule has 0 spiro atoms. The van der Waals surface area contributed by atoms with Gasteiger partial charge in [0, 0.05) is 19.2 Å². The van der Waals surface area contributed by atoms with Crippen LogP contribution in [0.1, 0.15) is 18.4 Å². The van der Waals surface area contributed by atoms with Gasteiger partial charge >= 0.3 is 6.18 Å². The van der Waals surface area contributed by atoms with Gasteiger partial charge < -0.3 is 4.74 Å². The summed E-state index contributed by atoms with van der Waals surface area (Å²) in [5.41, 5.74) is 1.30. The highest BCUT2D eigenvalue weighted by molar-refractivity contribution is 9.10. The first-order chi connectivity index (χ1) is 12.4. The van der Waals surface area contributed by atoms with E-state index in [1.165, 1.54) is 10.9 Å². The second kappa shape index (κ2) is 7.29. The topological polar surface area (TPSA) is 76.6 Å². The molecule has 0 bridgehead atoms. The average molecular weight is 426 g/mol. The second-order valence-electron chi connectivity index (χ2n) is 5.35. The first kappa shape index (κ1) is 18.1. The van der Waals surface area contributed by atoms with E-state index in [0.717, 1.165) is 0 Å². The molecule has 0 saturated heterocycles. The number of aryl methyl sites for hydroxylation is 1. The van der Waals surface area contributed by atoms with Crippen molar-refractivity contribution in [1.82, 2.24) is 20.0 Å². The number of halogens is 4. The summed E-state index contributed by atoms with van der Waals surface area (Å²) in [5, 5.41) is 17.0. The number of nitriles is 1. The van der Waals surface area contributed by atoms with Gasteiger partial charge in [0.1, 0.15) is 22.9 Å². The van der Waals surface area contributed by atoms with Crippen LogP contribution >= 0.6 is 15.9 Å². The van der Waals surface area contributed by atoms with E-state index in [0.29, 0.717) is 21.3 Å². The second-order valence-corrected chi connectivity index (χ2v) is 6.14. The fourth-order valence-electron chi connectivity index (χ4n) is 2.32. The van der Waals surface area contributed by atoms with Crippen LogP contribution < -0.4 is 4.74 Å². The van der Waals surface area contributed by atoms with Crippen LogP contribution in [-0.4, -0.2) is 26.2 Å². The molecule has 3 rings (SSSR count). The van der Waals surface area contributed by atoms with Gasteiger partial charge in [-0.1, -0.05) is 5.21 Å². The fraction of sp³-hybridized carbons (Fsp3) is 0.250. The maximum absolute atomic E-state index is 12.3. The largest absolute Gasteiger partial charge is 0.436 e. The van der Waals surface area contributed by atoms with E-state index in [9.17, 15) is 13.2 Å². The summed E-state index contributed by atoms with van der Waals surface area (Å²) in [6.07, 6.45) is -3.66. The van der Waals surface area contributed by atoms with Gasteiger partial charge in [0.15, 0.2) is 0 Å². The zero-order valence-corrected chi connectivity index (χ0v) is 14.8. The molecule has 2 aromatic heterocycles. The molecular formula is C16H11BrF3N5O. The van der Waals surface area contributed by atoms with Crippen molar-refractivity contribution < 1.29 is 17.9 Å².